The largest absolute Gasteiger partial charge is 0.351 e. The smallest absolute Gasteiger partial charge is 0.234 e. The summed E-state index contributed by atoms with van der Waals surface area (Å²) in [6.07, 6.45) is 1.97. The highest BCUT2D eigenvalue weighted by Crippen LogP contribution is 2.15. The van der Waals surface area contributed by atoms with Crippen LogP contribution < -0.4 is 11.1 Å². The van der Waals surface area contributed by atoms with Gasteiger partial charge in [-0.1, -0.05) is 34.1 Å². The number of nitrogens with two attached hydrogens (primary N) is 1. The highest BCUT2D eigenvalue weighted by molar-refractivity contribution is 9.10. The maximum Gasteiger partial charge on any atom is 0.234 e. The third kappa shape index (κ3) is 4.60. The highest BCUT2D eigenvalue weighted by Gasteiger charge is 2.17. The number of carbonyl (C=O) groups excluding carboxylic acids is 1. The van der Waals surface area contributed by atoms with Crippen LogP contribution in [0.15, 0.2) is 28.7 Å². The molecule has 0 aliphatic carbocycles. The maximum absolute atomic E-state index is 11.9. The van der Waals surface area contributed by atoms with Crippen molar-refractivity contribution in [3.8, 4) is 0 Å². The van der Waals surface area contributed by atoms with Crippen molar-refractivity contribution in [2.45, 2.75) is 25.4 Å². The predicted molar refractivity (Wildman–Crippen MR) is 79.6 cm³/mol. The number of hydrogen-bond donors (Lipinski definition) is 2. The molecule has 1 aromatic carbocycles. The summed E-state index contributed by atoms with van der Waals surface area (Å²) in [6, 6.07) is 8.22. The van der Waals surface area contributed by atoms with E-state index in [9.17, 15) is 4.79 Å². The molecule has 1 saturated heterocycles. The first-order valence-electron chi connectivity index (χ1n) is 6.63. The molecular formula is C14H20BrN3O. The topological polar surface area (TPSA) is 58.4 Å². The molecule has 0 atom stereocenters. The van der Waals surface area contributed by atoms with Crippen molar-refractivity contribution in [3.05, 3.63) is 34.3 Å². The van der Waals surface area contributed by atoms with Crippen LogP contribution in [-0.2, 0) is 11.3 Å². The number of piperidine rings is 1. The molecule has 5 heteroatoms. The third-order valence-electron chi connectivity index (χ3n) is 3.43. The highest BCUT2D eigenvalue weighted by atomic mass is 79.9. The summed E-state index contributed by atoms with van der Waals surface area (Å²) in [5.74, 6) is 0.0752. The lowest BCUT2D eigenvalue weighted by Gasteiger charge is -2.29. The number of benzene rings is 1. The molecular weight excluding hydrogens is 306 g/mol. The summed E-state index contributed by atoms with van der Waals surface area (Å²) in [6.45, 7) is 2.87. The van der Waals surface area contributed by atoms with Crippen molar-refractivity contribution in [1.82, 2.24) is 10.2 Å². The molecule has 0 saturated carbocycles. The van der Waals surface area contributed by atoms with E-state index >= 15 is 0 Å². The van der Waals surface area contributed by atoms with Crippen LogP contribution in [0.4, 0.5) is 0 Å². The monoisotopic (exact) mass is 325 g/mol. The van der Waals surface area contributed by atoms with Crippen LogP contribution in [0.5, 0.6) is 0 Å². The number of nitrogens with zero attached hydrogens (tertiary/aromatic N) is 1. The van der Waals surface area contributed by atoms with E-state index in [2.05, 4.69) is 26.1 Å². The van der Waals surface area contributed by atoms with Crippen LogP contribution in [0, 0.1) is 0 Å². The molecule has 1 fully saturated rings. The molecule has 0 aromatic heterocycles. The van der Waals surface area contributed by atoms with E-state index < -0.39 is 0 Å². The first kappa shape index (κ1) is 14.5. The Hall–Kier alpha value is -0.910. The number of amides is 1. The van der Waals surface area contributed by atoms with Gasteiger partial charge in [-0.25, -0.2) is 0 Å². The van der Waals surface area contributed by atoms with Crippen LogP contribution in [0.3, 0.4) is 0 Å². The summed E-state index contributed by atoms with van der Waals surface area (Å²) in [4.78, 5) is 14.0. The molecule has 1 heterocycles. The minimum absolute atomic E-state index is 0.0752. The van der Waals surface area contributed by atoms with E-state index in [-0.39, 0.29) is 5.91 Å². The average molecular weight is 326 g/mol. The molecule has 3 N–H and O–H groups in total. The van der Waals surface area contributed by atoms with Crippen LogP contribution in [0.1, 0.15) is 18.4 Å². The van der Waals surface area contributed by atoms with Crippen molar-refractivity contribution < 1.29 is 4.79 Å². The van der Waals surface area contributed by atoms with Gasteiger partial charge in [0.2, 0.25) is 5.91 Å². The van der Waals surface area contributed by atoms with E-state index in [0.29, 0.717) is 19.1 Å². The van der Waals surface area contributed by atoms with E-state index in [1.807, 2.05) is 24.3 Å². The summed E-state index contributed by atoms with van der Waals surface area (Å²) >= 11 is 3.48. The molecule has 0 unspecified atom stereocenters. The zero-order valence-electron chi connectivity index (χ0n) is 10.9. The fraction of sp³-hybridized carbons (Fsp3) is 0.500. The molecule has 104 valence electrons. The van der Waals surface area contributed by atoms with E-state index in [1.54, 1.807) is 0 Å². The first-order chi connectivity index (χ1) is 9.15. The number of likely N-dealkylation sites (tertiary alicyclic amines) is 1. The van der Waals surface area contributed by atoms with Crippen LogP contribution in [0.25, 0.3) is 0 Å². The van der Waals surface area contributed by atoms with Gasteiger partial charge >= 0.3 is 0 Å². The van der Waals surface area contributed by atoms with Crippen molar-refractivity contribution in [2.75, 3.05) is 19.6 Å². The van der Waals surface area contributed by atoms with Crippen molar-refractivity contribution >= 4 is 21.8 Å². The number of carbonyl (C=O) groups is 1. The second kappa shape index (κ2) is 7.03. The number of nitrogens with one attached hydrogen (secondary N) is 1. The Labute approximate surface area is 122 Å². The van der Waals surface area contributed by atoms with E-state index in [0.717, 1.165) is 36.0 Å². The van der Waals surface area contributed by atoms with Gasteiger partial charge in [-0.3, -0.25) is 9.69 Å². The zero-order valence-corrected chi connectivity index (χ0v) is 12.5. The molecule has 0 bridgehead atoms. The van der Waals surface area contributed by atoms with Crippen molar-refractivity contribution in [2.24, 2.45) is 5.73 Å². The Bertz CT molecular complexity index is 430. The number of hydrogen-bond acceptors (Lipinski definition) is 3. The van der Waals surface area contributed by atoms with Crippen LogP contribution >= 0.6 is 15.9 Å². The molecule has 19 heavy (non-hydrogen) atoms. The SMILES string of the molecule is NC1CCN(CC(=O)NCc2ccccc2Br)CC1. The van der Waals surface area contributed by atoms with E-state index in [1.165, 1.54) is 0 Å². The minimum Gasteiger partial charge on any atom is -0.351 e. The molecule has 1 aromatic rings. The van der Waals surface area contributed by atoms with Crippen molar-refractivity contribution in [1.29, 1.82) is 0 Å². The Morgan fingerprint density at radius 3 is 2.74 bits per heavy atom. The molecule has 2 rings (SSSR count). The molecule has 4 nitrogen and oxygen atoms in total. The van der Waals surface area contributed by atoms with Gasteiger partial charge in [0.15, 0.2) is 0 Å². The molecule has 1 amide bonds. The van der Waals surface area contributed by atoms with E-state index in [4.69, 9.17) is 5.73 Å². The Kier molecular flexibility index (Phi) is 5.36. The number of halogens is 1. The lowest BCUT2D eigenvalue weighted by molar-refractivity contribution is -0.122. The third-order valence-corrected chi connectivity index (χ3v) is 4.21. The zero-order chi connectivity index (χ0) is 13.7. The quantitative estimate of drug-likeness (QED) is 0.881. The minimum atomic E-state index is 0.0752. The van der Waals surface area contributed by atoms with Gasteiger partial charge in [-0.15, -0.1) is 0 Å². The lowest BCUT2D eigenvalue weighted by atomic mass is 10.1. The summed E-state index contributed by atoms with van der Waals surface area (Å²) in [5, 5.41) is 2.96. The maximum atomic E-state index is 11.9. The normalized spacial score (nSPS) is 17.4. The lowest BCUT2D eigenvalue weighted by Crippen LogP contribution is -2.44. The molecule has 0 radical (unpaired) electrons. The van der Waals surface area contributed by atoms with Crippen LogP contribution in [0.2, 0.25) is 0 Å². The number of rotatable bonds is 4. The van der Waals surface area contributed by atoms with Crippen LogP contribution in [-0.4, -0.2) is 36.5 Å². The Balaban J connectivity index is 1.74. The first-order valence-corrected chi connectivity index (χ1v) is 7.42. The standard InChI is InChI=1S/C14H20BrN3O/c15-13-4-2-1-3-11(13)9-17-14(19)10-18-7-5-12(16)6-8-18/h1-4,12H,5-10,16H2,(H,17,19). The second-order valence-electron chi connectivity index (χ2n) is 4.98. The Morgan fingerprint density at radius 1 is 1.37 bits per heavy atom. The van der Waals surface area contributed by atoms with Gasteiger partial charge in [0.1, 0.15) is 0 Å². The molecule has 1 aliphatic heterocycles. The fourth-order valence-corrected chi connectivity index (χ4v) is 2.63. The molecule has 0 spiro atoms. The van der Waals surface area contributed by atoms with Gasteiger partial charge in [-0.2, -0.15) is 0 Å². The predicted octanol–water partition coefficient (Wildman–Crippen LogP) is 1.49. The Morgan fingerprint density at radius 2 is 2.05 bits per heavy atom. The van der Waals surface area contributed by atoms with Crippen molar-refractivity contribution in [3.63, 3.8) is 0 Å². The van der Waals surface area contributed by atoms with Gasteiger partial charge in [0.25, 0.3) is 0 Å². The average Bonchev–Trinajstić information content (AvgIpc) is 2.40. The van der Waals surface area contributed by atoms with Gasteiger partial charge in [-0.05, 0) is 24.5 Å². The fourth-order valence-electron chi connectivity index (χ4n) is 2.21. The summed E-state index contributed by atoms with van der Waals surface area (Å²) < 4.78 is 1.03. The second-order valence-corrected chi connectivity index (χ2v) is 5.84. The molecule has 1 aliphatic rings. The van der Waals surface area contributed by atoms with Gasteiger partial charge < -0.3 is 11.1 Å². The van der Waals surface area contributed by atoms with Gasteiger partial charge in [0, 0.05) is 30.1 Å². The summed E-state index contributed by atoms with van der Waals surface area (Å²) in [7, 11) is 0. The van der Waals surface area contributed by atoms with Gasteiger partial charge in [0.05, 0.1) is 6.54 Å². The summed E-state index contributed by atoms with van der Waals surface area (Å²) in [5.41, 5.74) is 6.94.